The van der Waals surface area contributed by atoms with Gasteiger partial charge >= 0.3 is 6.18 Å². The minimum Gasteiger partial charge on any atom is -0.398 e. The highest BCUT2D eigenvalue weighted by Crippen LogP contribution is 2.35. The van der Waals surface area contributed by atoms with Crippen LogP contribution in [0.3, 0.4) is 0 Å². The Morgan fingerprint density at radius 3 is 2.05 bits per heavy atom. The first-order valence-corrected chi connectivity index (χ1v) is 7.75. The molecule has 112 valence electrons. The van der Waals surface area contributed by atoms with E-state index in [1.165, 1.54) is 30.3 Å². The van der Waals surface area contributed by atoms with Crippen molar-refractivity contribution in [2.75, 3.05) is 12.0 Å². The molecule has 2 aromatic rings. The van der Waals surface area contributed by atoms with E-state index in [4.69, 9.17) is 5.73 Å². The molecule has 0 spiro atoms. The normalized spacial score (nSPS) is 12.4. The van der Waals surface area contributed by atoms with Gasteiger partial charge in [-0.05, 0) is 35.9 Å². The fraction of sp³-hybridized carbons (Fsp3) is 0.143. The van der Waals surface area contributed by atoms with Gasteiger partial charge in [-0.15, -0.1) is 0 Å². The van der Waals surface area contributed by atoms with Crippen LogP contribution in [0.1, 0.15) is 5.56 Å². The van der Waals surface area contributed by atoms with E-state index >= 15 is 0 Å². The second kappa shape index (κ2) is 5.07. The number of alkyl halides is 3. The SMILES string of the molecule is CS(=O)(=O)c1ccc(-c2cc(C(F)(F)F)ccc2N)cc1. The molecule has 2 aromatic carbocycles. The van der Waals surface area contributed by atoms with Gasteiger partial charge in [-0.3, -0.25) is 0 Å². The number of benzene rings is 2. The molecule has 0 heterocycles. The van der Waals surface area contributed by atoms with Crippen molar-refractivity contribution in [1.29, 1.82) is 0 Å². The highest BCUT2D eigenvalue weighted by atomic mass is 32.2. The first kappa shape index (κ1) is 15.4. The third-order valence-electron chi connectivity index (χ3n) is 2.97. The fourth-order valence-corrected chi connectivity index (χ4v) is 2.49. The molecule has 0 aliphatic heterocycles. The number of hydrogen-bond acceptors (Lipinski definition) is 3. The van der Waals surface area contributed by atoms with Gasteiger partial charge in [-0.25, -0.2) is 8.42 Å². The molecular formula is C14H12F3NO2S. The zero-order chi connectivity index (χ0) is 15.8. The van der Waals surface area contributed by atoms with E-state index in [0.29, 0.717) is 5.56 Å². The van der Waals surface area contributed by atoms with E-state index in [-0.39, 0.29) is 16.1 Å². The summed E-state index contributed by atoms with van der Waals surface area (Å²) in [5, 5.41) is 0. The Balaban J connectivity index is 2.52. The molecule has 0 amide bonds. The number of halogens is 3. The Labute approximate surface area is 120 Å². The van der Waals surface area contributed by atoms with Gasteiger partial charge < -0.3 is 5.73 Å². The van der Waals surface area contributed by atoms with Gasteiger partial charge in [0.2, 0.25) is 0 Å². The summed E-state index contributed by atoms with van der Waals surface area (Å²) in [7, 11) is -3.35. The highest BCUT2D eigenvalue weighted by molar-refractivity contribution is 7.90. The Morgan fingerprint density at radius 1 is 1.00 bits per heavy atom. The summed E-state index contributed by atoms with van der Waals surface area (Å²) in [4.78, 5) is 0.0943. The number of hydrogen-bond donors (Lipinski definition) is 1. The summed E-state index contributed by atoms with van der Waals surface area (Å²) in [5.41, 5.74) is 5.72. The van der Waals surface area contributed by atoms with Crippen molar-refractivity contribution in [2.45, 2.75) is 11.1 Å². The van der Waals surface area contributed by atoms with Crippen molar-refractivity contribution in [2.24, 2.45) is 0 Å². The smallest absolute Gasteiger partial charge is 0.398 e. The van der Waals surface area contributed by atoms with Crippen LogP contribution in [0.25, 0.3) is 11.1 Å². The molecule has 0 aliphatic carbocycles. The molecule has 0 fully saturated rings. The molecule has 2 N–H and O–H groups in total. The maximum Gasteiger partial charge on any atom is 0.416 e. The number of sulfone groups is 1. The molecule has 21 heavy (non-hydrogen) atoms. The predicted octanol–water partition coefficient (Wildman–Crippen LogP) is 3.36. The van der Waals surface area contributed by atoms with Gasteiger partial charge in [0.05, 0.1) is 10.5 Å². The molecular weight excluding hydrogens is 303 g/mol. The lowest BCUT2D eigenvalue weighted by molar-refractivity contribution is -0.137. The van der Waals surface area contributed by atoms with Crippen LogP contribution in [0.2, 0.25) is 0 Å². The van der Waals surface area contributed by atoms with E-state index in [9.17, 15) is 21.6 Å². The van der Waals surface area contributed by atoms with E-state index in [1.54, 1.807) is 0 Å². The van der Waals surface area contributed by atoms with E-state index in [0.717, 1.165) is 18.4 Å². The molecule has 0 atom stereocenters. The Hall–Kier alpha value is -2.02. The molecule has 0 aromatic heterocycles. The average molecular weight is 315 g/mol. The highest BCUT2D eigenvalue weighted by Gasteiger charge is 2.30. The fourth-order valence-electron chi connectivity index (χ4n) is 1.86. The third kappa shape index (κ3) is 3.36. The molecule has 7 heteroatoms. The number of rotatable bonds is 2. The molecule has 0 aliphatic rings. The molecule has 0 saturated carbocycles. The van der Waals surface area contributed by atoms with E-state index < -0.39 is 21.6 Å². The second-order valence-electron chi connectivity index (χ2n) is 4.60. The number of nitrogens with two attached hydrogens (primary N) is 1. The quantitative estimate of drug-likeness (QED) is 0.865. The Morgan fingerprint density at radius 2 is 1.57 bits per heavy atom. The summed E-state index contributed by atoms with van der Waals surface area (Å²) < 4.78 is 60.9. The first-order valence-electron chi connectivity index (χ1n) is 5.86. The summed E-state index contributed by atoms with van der Waals surface area (Å²) in [6.07, 6.45) is -3.41. The minimum atomic E-state index is -4.46. The molecule has 0 radical (unpaired) electrons. The zero-order valence-corrected chi connectivity index (χ0v) is 11.8. The lowest BCUT2D eigenvalue weighted by Gasteiger charge is -2.11. The first-order chi connectivity index (χ1) is 9.59. The summed E-state index contributed by atoms with van der Waals surface area (Å²) in [6, 6.07) is 8.58. The largest absolute Gasteiger partial charge is 0.416 e. The molecule has 0 bridgehead atoms. The van der Waals surface area contributed by atoms with Gasteiger partial charge in [0.15, 0.2) is 9.84 Å². The summed E-state index contributed by atoms with van der Waals surface area (Å²) in [6.45, 7) is 0. The van der Waals surface area contributed by atoms with Crippen LogP contribution >= 0.6 is 0 Å². The standard InChI is InChI=1S/C14H12F3NO2S/c1-21(19,20)11-5-2-9(3-6-11)12-8-10(14(15,16)17)4-7-13(12)18/h2-8H,18H2,1H3. The van der Waals surface area contributed by atoms with Crippen molar-refractivity contribution < 1.29 is 21.6 Å². The van der Waals surface area contributed by atoms with Gasteiger partial charge in [0, 0.05) is 17.5 Å². The monoisotopic (exact) mass is 315 g/mol. The van der Waals surface area contributed by atoms with Crippen molar-refractivity contribution in [1.82, 2.24) is 0 Å². The van der Waals surface area contributed by atoms with Crippen molar-refractivity contribution in [3.8, 4) is 11.1 Å². The van der Waals surface area contributed by atoms with Gasteiger partial charge in [0.1, 0.15) is 0 Å². The molecule has 3 nitrogen and oxygen atoms in total. The lowest BCUT2D eigenvalue weighted by Crippen LogP contribution is -2.05. The predicted molar refractivity (Wildman–Crippen MR) is 74.4 cm³/mol. The molecule has 0 saturated heterocycles. The maximum absolute atomic E-state index is 12.7. The van der Waals surface area contributed by atoms with Gasteiger partial charge in [0.25, 0.3) is 0 Å². The number of anilines is 1. The van der Waals surface area contributed by atoms with Crippen LogP contribution in [0.4, 0.5) is 18.9 Å². The van der Waals surface area contributed by atoms with Crippen molar-refractivity contribution in [3.05, 3.63) is 48.0 Å². The molecule has 2 rings (SSSR count). The van der Waals surface area contributed by atoms with Gasteiger partial charge in [-0.2, -0.15) is 13.2 Å². The van der Waals surface area contributed by atoms with Crippen molar-refractivity contribution in [3.63, 3.8) is 0 Å². The van der Waals surface area contributed by atoms with Crippen LogP contribution in [-0.2, 0) is 16.0 Å². The maximum atomic E-state index is 12.7. The zero-order valence-electron chi connectivity index (χ0n) is 11.0. The van der Waals surface area contributed by atoms with E-state index in [1.807, 2.05) is 0 Å². The number of nitrogen functional groups attached to an aromatic ring is 1. The third-order valence-corrected chi connectivity index (χ3v) is 4.10. The average Bonchev–Trinajstić information content (AvgIpc) is 2.37. The van der Waals surface area contributed by atoms with Crippen molar-refractivity contribution >= 4 is 15.5 Å². The van der Waals surface area contributed by atoms with Crippen LogP contribution in [0.15, 0.2) is 47.4 Å². The minimum absolute atomic E-state index is 0.0943. The van der Waals surface area contributed by atoms with Crippen LogP contribution < -0.4 is 5.73 Å². The van der Waals surface area contributed by atoms with Gasteiger partial charge in [-0.1, -0.05) is 12.1 Å². The summed E-state index contributed by atoms with van der Waals surface area (Å²) in [5.74, 6) is 0. The Kier molecular flexibility index (Phi) is 3.71. The van der Waals surface area contributed by atoms with E-state index in [2.05, 4.69) is 0 Å². The van der Waals surface area contributed by atoms with Crippen LogP contribution in [0.5, 0.6) is 0 Å². The molecule has 0 unspecified atom stereocenters. The van der Waals surface area contributed by atoms with Crippen LogP contribution in [0, 0.1) is 0 Å². The Bertz CT molecular complexity index is 766. The topological polar surface area (TPSA) is 60.2 Å². The lowest BCUT2D eigenvalue weighted by atomic mass is 10.0. The summed E-state index contributed by atoms with van der Waals surface area (Å²) >= 11 is 0. The second-order valence-corrected chi connectivity index (χ2v) is 6.61. The van der Waals surface area contributed by atoms with Crippen LogP contribution in [-0.4, -0.2) is 14.7 Å².